The van der Waals surface area contributed by atoms with Crippen molar-refractivity contribution >= 4 is 0 Å². The minimum Gasteiger partial charge on any atom is -0.425 e. The molecule has 0 aromatic carbocycles. The molecule has 1 saturated carbocycles. The molecule has 0 aliphatic heterocycles. The fourth-order valence-corrected chi connectivity index (χ4v) is 2.47. The van der Waals surface area contributed by atoms with Gasteiger partial charge in [-0.1, -0.05) is 19.3 Å². The molecule has 1 aromatic rings. The summed E-state index contributed by atoms with van der Waals surface area (Å²) in [5.74, 6) is -1.73. The molecule has 1 aromatic heterocycles. The molecule has 0 radical (unpaired) electrons. The van der Waals surface area contributed by atoms with Gasteiger partial charge < -0.3 is 5.21 Å². The zero-order valence-corrected chi connectivity index (χ0v) is 9.70. The van der Waals surface area contributed by atoms with Crippen LogP contribution in [-0.2, 0) is 0 Å². The first kappa shape index (κ1) is 13.0. The van der Waals surface area contributed by atoms with Crippen molar-refractivity contribution in [3.05, 3.63) is 33.5 Å². The van der Waals surface area contributed by atoms with Crippen LogP contribution in [0.5, 0.6) is 0 Å². The summed E-state index contributed by atoms with van der Waals surface area (Å²) in [5.41, 5.74) is -2.23. The van der Waals surface area contributed by atoms with E-state index >= 15 is 0 Å². The van der Waals surface area contributed by atoms with Gasteiger partial charge >= 0.3 is 5.56 Å². The second-order valence-corrected chi connectivity index (χ2v) is 4.59. The van der Waals surface area contributed by atoms with Crippen molar-refractivity contribution in [2.45, 2.75) is 44.4 Å². The Morgan fingerprint density at radius 3 is 2.44 bits per heavy atom. The minimum absolute atomic E-state index is 0.0939. The molecule has 0 unspecified atom stereocenters. The van der Waals surface area contributed by atoms with Gasteiger partial charge in [0.15, 0.2) is 5.82 Å². The Labute approximate surface area is 102 Å². The van der Waals surface area contributed by atoms with E-state index in [1.165, 1.54) is 0 Å². The first-order chi connectivity index (χ1) is 8.52. The fraction of sp³-hybridized carbons (Fsp3) is 0.583. The fourth-order valence-electron chi connectivity index (χ4n) is 2.47. The Bertz CT molecular complexity index is 493. The highest BCUT2D eigenvalue weighted by Gasteiger charge is 2.25. The molecule has 0 amide bonds. The number of nitrogens with zero attached hydrogens (tertiary/aromatic N) is 1. The summed E-state index contributed by atoms with van der Waals surface area (Å²) < 4.78 is 38.7. The van der Waals surface area contributed by atoms with Gasteiger partial charge in [0.25, 0.3) is 6.43 Å². The van der Waals surface area contributed by atoms with Gasteiger partial charge in [0, 0.05) is 5.92 Å². The molecule has 1 N–H and O–H groups in total. The molecular formula is C12H14F3NO2. The number of aromatic nitrogens is 1. The highest BCUT2D eigenvalue weighted by atomic mass is 19.3. The maximum absolute atomic E-state index is 13.3. The van der Waals surface area contributed by atoms with Crippen molar-refractivity contribution in [3.63, 3.8) is 0 Å². The van der Waals surface area contributed by atoms with Crippen LogP contribution in [0.25, 0.3) is 0 Å². The van der Waals surface area contributed by atoms with E-state index in [9.17, 15) is 23.2 Å². The van der Waals surface area contributed by atoms with E-state index in [2.05, 4.69) is 0 Å². The first-order valence-corrected chi connectivity index (χ1v) is 5.95. The lowest BCUT2D eigenvalue weighted by molar-refractivity contribution is 0.131. The van der Waals surface area contributed by atoms with E-state index < -0.39 is 23.4 Å². The van der Waals surface area contributed by atoms with Gasteiger partial charge in [-0.05, 0) is 18.9 Å². The van der Waals surface area contributed by atoms with Crippen LogP contribution in [0.1, 0.15) is 55.7 Å². The van der Waals surface area contributed by atoms with E-state index in [-0.39, 0.29) is 16.3 Å². The summed E-state index contributed by atoms with van der Waals surface area (Å²) in [6.45, 7) is 0. The molecule has 0 atom stereocenters. The molecule has 0 bridgehead atoms. The van der Waals surface area contributed by atoms with Crippen LogP contribution in [0.15, 0.2) is 10.9 Å². The van der Waals surface area contributed by atoms with E-state index in [1.807, 2.05) is 0 Å². The molecule has 6 heteroatoms. The smallest absolute Gasteiger partial charge is 0.319 e. The Kier molecular flexibility index (Phi) is 3.63. The van der Waals surface area contributed by atoms with Crippen molar-refractivity contribution in [2.75, 3.05) is 0 Å². The van der Waals surface area contributed by atoms with E-state index in [1.54, 1.807) is 0 Å². The zero-order chi connectivity index (χ0) is 13.3. The largest absolute Gasteiger partial charge is 0.425 e. The average Bonchev–Trinajstić information content (AvgIpc) is 2.37. The van der Waals surface area contributed by atoms with Crippen LogP contribution in [-0.4, -0.2) is 9.94 Å². The second kappa shape index (κ2) is 5.04. The van der Waals surface area contributed by atoms with Gasteiger partial charge in [0.2, 0.25) is 0 Å². The molecule has 0 spiro atoms. The van der Waals surface area contributed by atoms with Gasteiger partial charge in [-0.2, -0.15) is 0 Å². The molecule has 100 valence electrons. The van der Waals surface area contributed by atoms with Crippen LogP contribution in [0.4, 0.5) is 13.2 Å². The maximum atomic E-state index is 13.3. The van der Waals surface area contributed by atoms with E-state index in [0.29, 0.717) is 12.8 Å². The van der Waals surface area contributed by atoms with E-state index in [4.69, 9.17) is 0 Å². The van der Waals surface area contributed by atoms with Gasteiger partial charge in [-0.25, -0.2) is 13.2 Å². The van der Waals surface area contributed by atoms with Crippen molar-refractivity contribution < 1.29 is 18.4 Å². The standard InChI is InChI=1S/C12H14F3NO2/c13-10-8(11(14)15)6-9(16(18)12(10)17)7-4-2-1-3-5-7/h6-7,11,18H,1-5H2. The highest BCUT2D eigenvalue weighted by Crippen LogP contribution is 2.33. The average molecular weight is 261 g/mol. The summed E-state index contributed by atoms with van der Waals surface area (Å²) in [5, 5.41) is 9.56. The molecule has 1 fully saturated rings. The Morgan fingerprint density at radius 1 is 1.28 bits per heavy atom. The highest BCUT2D eigenvalue weighted by molar-refractivity contribution is 5.23. The number of rotatable bonds is 2. The third-order valence-corrected chi connectivity index (χ3v) is 3.44. The lowest BCUT2D eigenvalue weighted by Crippen LogP contribution is -2.28. The predicted octanol–water partition coefficient (Wildman–Crippen LogP) is 3.21. The molecule has 1 aliphatic carbocycles. The van der Waals surface area contributed by atoms with Crippen LogP contribution >= 0.6 is 0 Å². The van der Waals surface area contributed by atoms with Crippen LogP contribution in [0.2, 0.25) is 0 Å². The van der Waals surface area contributed by atoms with Crippen molar-refractivity contribution in [3.8, 4) is 0 Å². The van der Waals surface area contributed by atoms with Gasteiger partial charge in [-0.15, -0.1) is 4.73 Å². The number of pyridine rings is 1. The summed E-state index contributed by atoms with van der Waals surface area (Å²) in [7, 11) is 0. The lowest BCUT2D eigenvalue weighted by Gasteiger charge is -2.23. The van der Waals surface area contributed by atoms with Crippen LogP contribution < -0.4 is 5.56 Å². The van der Waals surface area contributed by atoms with E-state index in [0.717, 1.165) is 25.3 Å². The van der Waals surface area contributed by atoms with Gasteiger partial charge in [-0.3, -0.25) is 4.79 Å². The van der Waals surface area contributed by atoms with Crippen molar-refractivity contribution in [1.29, 1.82) is 0 Å². The predicted molar refractivity (Wildman–Crippen MR) is 58.6 cm³/mol. The summed E-state index contributed by atoms with van der Waals surface area (Å²) in [4.78, 5) is 11.4. The molecular weight excluding hydrogens is 247 g/mol. The monoisotopic (exact) mass is 261 g/mol. The molecule has 1 heterocycles. The topological polar surface area (TPSA) is 42.2 Å². The minimum atomic E-state index is -3.05. The van der Waals surface area contributed by atoms with Crippen molar-refractivity contribution in [2.24, 2.45) is 0 Å². The SMILES string of the molecule is O=c1c(F)c(C(F)F)cc(C2CCCCC2)n1O. The number of hydrogen-bond donors (Lipinski definition) is 1. The first-order valence-electron chi connectivity index (χ1n) is 5.95. The third kappa shape index (κ3) is 2.23. The number of hydrogen-bond acceptors (Lipinski definition) is 2. The molecule has 2 rings (SSSR count). The Hall–Kier alpha value is -1.46. The van der Waals surface area contributed by atoms with Crippen molar-refractivity contribution in [1.82, 2.24) is 4.73 Å². The second-order valence-electron chi connectivity index (χ2n) is 4.59. The summed E-state index contributed by atoms with van der Waals surface area (Å²) >= 11 is 0. The number of alkyl halides is 2. The zero-order valence-electron chi connectivity index (χ0n) is 9.70. The molecule has 3 nitrogen and oxygen atoms in total. The number of halogens is 3. The molecule has 0 saturated heterocycles. The van der Waals surface area contributed by atoms with Gasteiger partial charge in [0.05, 0.1) is 11.3 Å². The Balaban J connectivity index is 2.49. The van der Waals surface area contributed by atoms with Crippen LogP contribution in [0.3, 0.4) is 0 Å². The molecule has 1 aliphatic rings. The quantitative estimate of drug-likeness (QED) is 0.830. The molecule has 18 heavy (non-hydrogen) atoms. The van der Waals surface area contributed by atoms with Gasteiger partial charge in [0.1, 0.15) is 0 Å². The summed E-state index contributed by atoms with van der Waals surface area (Å²) in [6.07, 6.45) is 1.26. The normalized spacial score (nSPS) is 17.3. The summed E-state index contributed by atoms with van der Waals surface area (Å²) in [6, 6.07) is 0.914. The Morgan fingerprint density at radius 2 is 1.89 bits per heavy atom. The maximum Gasteiger partial charge on any atom is 0.319 e. The third-order valence-electron chi connectivity index (χ3n) is 3.44. The van der Waals surface area contributed by atoms with Crippen LogP contribution in [0, 0.1) is 5.82 Å². The lowest BCUT2D eigenvalue weighted by atomic mass is 9.86.